The number of rotatable bonds is 7. The van der Waals surface area contributed by atoms with Crippen LogP contribution in [0.4, 0.5) is 5.82 Å². The molecule has 1 aliphatic rings. The number of ether oxygens (including phenoxy) is 1. The number of carbonyl (C=O) groups is 2. The molecule has 3 heterocycles. The number of anilines is 1. The Kier molecular flexibility index (Phi) is 5.77. The molecule has 0 amide bonds. The molecule has 1 aromatic carbocycles. The number of hydrogen-bond donors (Lipinski definition) is 2. The van der Waals surface area contributed by atoms with Crippen molar-refractivity contribution in [1.29, 1.82) is 0 Å². The largest absolute Gasteiger partial charge is 0.497 e. The second-order valence-electron chi connectivity index (χ2n) is 7.44. The standard InChI is InChI=1S/C22H24N4O5/c1-31-15-5-6-18-16(12-15)17(13-26(18)14-20(27)28)21(22(29)30)25-10-8-24(9-11-25)19-4-2-3-7-23-19/h2-7,12-13,21H,8-11,14H2,1H3,(H,27,28)(H,29,30). The molecular weight excluding hydrogens is 400 g/mol. The molecule has 3 aromatic rings. The van der Waals surface area contributed by atoms with Gasteiger partial charge < -0.3 is 24.4 Å². The Morgan fingerprint density at radius 1 is 1.13 bits per heavy atom. The first kappa shape index (κ1) is 20.7. The Morgan fingerprint density at radius 2 is 1.90 bits per heavy atom. The van der Waals surface area contributed by atoms with E-state index in [-0.39, 0.29) is 6.54 Å². The maximum atomic E-state index is 12.4. The number of aliphatic carboxylic acids is 2. The number of fused-ring (bicyclic) bond motifs is 1. The number of hydrogen-bond acceptors (Lipinski definition) is 6. The molecule has 9 nitrogen and oxygen atoms in total. The summed E-state index contributed by atoms with van der Waals surface area (Å²) in [6.07, 6.45) is 3.38. The van der Waals surface area contributed by atoms with Gasteiger partial charge in [-0.3, -0.25) is 14.5 Å². The van der Waals surface area contributed by atoms with E-state index in [0.29, 0.717) is 48.4 Å². The predicted molar refractivity (Wildman–Crippen MR) is 115 cm³/mol. The summed E-state index contributed by atoms with van der Waals surface area (Å²) >= 11 is 0. The topological polar surface area (TPSA) is 108 Å². The van der Waals surface area contributed by atoms with Gasteiger partial charge in [0.2, 0.25) is 0 Å². The van der Waals surface area contributed by atoms with Gasteiger partial charge in [-0.15, -0.1) is 0 Å². The highest BCUT2D eigenvalue weighted by molar-refractivity contribution is 5.91. The number of benzene rings is 1. The van der Waals surface area contributed by atoms with Crippen LogP contribution in [0.3, 0.4) is 0 Å². The van der Waals surface area contributed by atoms with E-state index in [4.69, 9.17) is 4.74 Å². The SMILES string of the molecule is COc1ccc2c(c1)c(C(C(=O)O)N1CCN(c3ccccn3)CC1)cn2CC(=O)O. The van der Waals surface area contributed by atoms with Gasteiger partial charge in [0.05, 0.1) is 7.11 Å². The van der Waals surface area contributed by atoms with Crippen LogP contribution in [0.25, 0.3) is 10.9 Å². The number of piperazine rings is 1. The van der Waals surface area contributed by atoms with E-state index in [1.807, 2.05) is 23.1 Å². The Labute approximate surface area is 179 Å². The monoisotopic (exact) mass is 424 g/mol. The molecule has 31 heavy (non-hydrogen) atoms. The van der Waals surface area contributed by atoms with E-state index in [1.165, 1.54) is 0 Å². The number of carboxylic acid groups (broad SMARTS) is 2. The number of methoxy groups -OCH3 is 1. The van der Waals surface area contributed by atoms with Crippen LogP contribution >= 0.6 is 0 Å². The summed E-state index contributed by atoms with van der Waals surface area (Å²) in [6, 6.07) is 10.1. The molecule has 2 aromatic heterocycles. The van der Waals surface area contributed by atoms with Crippen molar-refractivity contribution in [3.63, 3.8) is 0 Å². The third kappa shape index (κ3) is 4.17. The van der Waals surface area contributed by atoms with E-state index >= 15 is 0 Å². The second kappa shape index (κ2) is 8.65. The highest BCUT2D eigenvalue weighted by Crippen LogP contribution is 2.34. The highest BCUT2D eigenvalue weighted by Gasteiger charge is 2.33. The highest BCUT2D eigenvalue weighted by atomic mass is 16.5. The van der Waals surface area contributed by atoms with E-state index in [1.54, 1.807) is 42.3 Å². The summed E-state index contributed by atoms with van der Waals surface area (Å²) in [7, 11) is 1.54. The van der Waals surface area contributed by atoms with Crippen molar-refractivity contribution in [1.82, 2.24) is 14.5 Å². The van der Waals surface area contributed by atoms with Crippen LogP contribution in [0, 0.1) is 0 Å². The third-order valence-corrected chi connectivity index (χ3v) is 5.61. The van der Waals surface area contributed by atoms with Gasteiger partial charge in [-0.2, -0.15) is 0 Å². The van der Waals surface area contributed by atoms with Gasteiger partial charge in [0, 0.05) is 55.0 Å². The van der Waals surface area contributed by atoms with Crippen molar-refractivity contribution >= 4 is 28.7 Å². The third-order valence-electron chi connectivity index (χ3n) is 5.61. The second-order valence-corrected chi connectivity index (χ2v) is 7.44. The molecule has 162 valence electrons. The molecule has 0 radical (unpaired) electrons. The van der Waals surface area contributed by atoms with Gasteiger partial charge in [0.15, 0.2) is 0 Å². The smallest absolute Gasteiger partial charge is 0.325 e. The van der Waals surface area contributed by atoms with Crippen LogP contribution in [-0.4, -0.2) is 69.9 Å². The molecule has 2 N–H and O–H groups in total. The summed E-state index contributed by atoms with van der Waals surface area (Å²) < 4.78 is 6.89. The number of nitrogens with zero attached hydrogens (tertiary/aromatic N) is 4. The van der Waals surface area contributed by atoms with Crippen molar-refractivity contribution in [2.75, 3.05) is 38.2 Å². The van der Waals surface area contributed by atoms with Crippen LogP contribution in [0.2, 0.25) is 0 Å². The van der Waals surface area contributed by atoms with Crippen LogP contribution in [0.5, 0.6) is 5.75 Å². The van der Waals surface area contributed by atoms with Crippen LogP contribution < -0.4 is 9.64 Å². The summed E-state index contributed by atoms with van der Waals surface area (Å²) in [5.74, 6) is -0.499. The summed E-state index contributed by atoms with van der Waals surface area (Å²) in [5.41, 5.74) is 1.23. The van der Waals surface area contributed by atoms with Gasteiger partial charge in [0.1, 0.15) is 24.2 Å². The molecule has 9 heteroatoms. The first-order valence-corrected chi connectivity index (χ1v) is 9.99. The molecule has 0 spiro atoms. The molecule has 0 bridgehead atoms. The minimum absolute atomic E-state index is 0.247. The van der Waals surface area contributed by atoms with Crippen molar-refractivity contribution in [3.8, 4) is 5.75 Å². The quantitative estimate of drug-likeness (QED) is 0.594. The molecular formula is C22H24N4O5. The van der Waals surface area contributed by atoms with Crippen LogP contribution in [0.1, 0.15) is 11.6 Å². The van der Waals surface area contributed by atoms with Crippen molar-refractivity contribution in [2.45, 2.75) is 12.6 Å². The zero-order valence-corrected chi connectivity index (χ0v) is 17.1. The van der Waals surface area contributed by atoms with E-state index < -0.39 is 18.0 Å². The molecule has 1 fully saturated rings. The van der Waals surface area contributed by atoms with Crippen LogP contribution in [-0.2, 0) is 16.1 Å². The Morgan fingerprint density at radius 3 is 2.52 bits per heavy atom. The minimum atomic E-state index is -0.991. The first-order chi connectivity index (χ1) is 15.0. The summed E-state index contributed by atoms with van der Waals surface area (Å²) in [6.45, 7) is 2.14. The zero-order valence-electron chi connectivity index (χ0n) is 17.1. The lowest BCUT2D eigenvalue weighted by Gasteiger charge is -2.38. The Bertz CT molecular complexity index is 1090. The molecule has 0 saturated carbocycles. The van der Waals surface area contributed by atoms with Gasteiger partial charge >= 0.3 is 11.9 Å². The first-order valence-electron chi connectivity index (χ1n) is 9.99. The number of pyridine rings is 1. The molecule has 1 atom stereocenters. The fourth-order valence-electron chi connectivity index (χ4n) is 4.16. The van der Waals surface area contributed by atoms with Crippen molar-refractivity contribution < 1.29 is 24.5 Å². The Hall–Kier alpha value is -3.59. The average molecular weight is 424 g/mol. The number of carboxylic acids is 2. The molecule has 1 saturated heterocycles. The Balaban J connectivity index is 1.67. The van der Waals surface area contributed by atoms with E-state index in [0.717, 1.165) is 5.82 Å². The lowest BCUT2D eigenvalue weighted by molar-refractivity contribution is -0.143. The number of aromatic nitrogens is 2. The molecule has 0 aliphatic carbocycles. The predicted octanol–water partition coefficient (Wildman–Crippen LogP) is 2.08. The van der Waals surface area contributed by atoms with Gasteiger partial charge in [0.25, 0.3) is 0 Å². The summed E-state index contributed by atoms with van der Waals surface area (Å²) in [4.78, 5) is 32.1. The lowest BCUT2D eigenvalue weighted by atomic mass is 10.0. The molecule has 1 aliphatic heterocycles. The minimum Gasteiger partial charge on any atom is -0.497 e. The van der Waals surface area contributed by atoms with E-state index in [9.17, 15) is 19.8 Å². The maximum Gasteiger partial charge on any atom is 0.325 e. The fraction of sp³-hybridized carbons (Fsp3) is 0.318. The normalized spacial score (nSPS) is 15.7. The molecule has 4 rings (SSSR count). The summed E-state index contributed by atoms with van der Waals surface area (Å²) in [5, 5.41) is 20.1. The van der Waals surface area contributed by atoms with Crippen molar-refractivity contribution in [3.05, 3.63) is 54.4 Å². The van der Waals surface area contributed by atoms with Crippen molar-refractivity contribution in [2.24, 2.45) is 0 Å². The van der Waals surface area contributed by atoms with E-state index in [2.05, 4.69) is 9.88 Å². The zero-order chi connectivity index (χ0) is 22.0. The van der Waals surface area contributed by atoms with Gasteiger partial charge in [-0.25, -0.2) is 4.98 Å². The van der Waals surface area contributed by atoms with Gasteiger partial charge in [-0.05, 0) is 30.3 Å². The van der Waals surface area contributed by atoms with Gasteiger partial charge in [-0.1, -0.05) is 6.07 Å². The average Bonchev–Trinajstić information content (AvgIpc) is 3.11. The molecule has 1 unspecified atom stereocenters. The van der Waals surface area contributed by atoms with Crippen LogP contribution in [0.15, 0.2) is 48.8 Å². The lowest BCUT2D eigenvalue weighted by Crippen LogP contribution is -2.49. The maximum absolute atomic E-state index is 12.4. The fourth-order valence-corrected chi connectivity index (χ4v) is 4.16.